The molecule has 2 aromatic heterocycles. The molecular formula is C13H18ClN3O2. The van der Waals surface area contributed by atoms with Gasteiger partial charge in [-0.1, -0.05) is 0 Å². The molecule has 1 atom stereocenters. The van der Waals surface area contributed by atoms with Crippen LogP contribution in [-0.4, -0.2) is 34.9 Å². The van der Waals surface area contributed by atoms with Crippen LogP contribution in [0.2, 0.25) is 0 Å². The number of fused-ring (bicyclic) bond motifs is 1. The van der Waals surface area contributed by atoms with E-state index in [1.165, 1.54) is 0 Å². The smallest absolute Gasteiger partial charge is 0.215 e. The van der Waals surface area contributed by atoms with Crippen LogP contribution in [0, 0.1) is 0 Å². The van der Waals surface area contributed by atoms with Gasteiger partial charge in [-0.2, -0.15) is 4.98 Å². The Morgan fingerprint density at radius 2 is 2.16 bits per heavy atom. The second kappa shape index (κ2) is 6.21. The van der Waals surface area contributed by atoms with Crippen LogP contribution in [0.25, 0.3) is 11.2 Å². The molecule has 2 aromatic rings. The first kappa shape index (κ1) is 14.1. The molecule has 0 fully saturated rings. The van der Waals surface area contributed by atoms with Crippen LogP contribution in [0.5, 0.6) is 5.88 Å². The van der Waals surface area contributed by atoms with Crippen molar-refractivity contribution in [3.63, 3.8) is 0 Å². The number of nitrogens with zero attached hydrogens (tertiary/aromatic N) is 3. The number of hydrogen-bond donors (Lipinski definition) is 0. The molecule has 1 unspecified atom stereocenters. The molecule has 0 N–H and O–H groups in total. The van der Waals surface area contributed by atoms with E-state index in [4.69, 9.17) is 21.1 Å². The van der Waals surface area contributed by atoms with Crippen molar-refractivity contribution in [2.24, 2.45) is 0 Å². The summed E-state index contributed by atoms with van der Waals surface area (Å²) in [6.07, 6.45) is 0. The Morgan fingerprint density at radius 3 is 2.79 bits per heavy atom. The highest BCUT2D eigenvalue weighted by atomic mass is 35.5. The molecule has 0 aliphatic carbocycles. The Labute approximate surface area is 117 Å². The number of halogens is 1. The molecule has 104 valence electrons. The summed E-state index contributed by atoms with van der Waals surface area (Å²) < 4.78 is 12.7. The van der Waals surface area contributed by atoms with Gasteiger partial charge in [0.2, 0.25) is 5.88 Å². The fourth-order valence-corrected chi connectivity index (χ4v) is 2.23. The Hall–Kier alpha value is -1.33. The first-order chi connectivity index (χ1) is 9.21. The maximum Gasteiger partial charge on any atom is 0.215 e. The van der Waals surface area contributed by atoms with E-state index < -0.39 is 0 Å². The lowest BCUT2D eigenvalue weighted by Gasteiger charge is -2.16. The van der Waals surface area contributed by atoms with Crippen molar-refractivity contribution in [1.29, 1.82) is 0 Å². The summed E-state index contributed by atoms with van der Waals surface area (Å²) in [6.45, 7) is 5.32. The van der Waals surface area contributed by atoms with E-state index in [1.54, 1.807) is 13.2 Å². The molecule has 0 spiro atoms. The van der Waals surface area contributed by atoms with E-state index >= 15 is 0 Å². The number of aromatic nitrogens is 3. The lowest BCUT2D eigenvalue weighted by Crippen LogP contribution is -2.15. The molecule has 0 aromatic carbocycles. The Bertz CT molecular complexity index is 556. The van der Waals surface area contributed by atoms with Crippen molar-refractivity contribution >= 4 is 22.8 Å². The van der Waals surface area contributed by atoms with Crippen molar-refractivity contribution in [3.8, 4) is 5.88 Å². The summed E-state index contributed by atoms with van der Waals surface area (Å²) in [4.78, 5) is 8.95. The molecular weight excluding hydrogens is 266 g/mol. The van der Waals surface area contributed by atoms with Gasteiger partial charge in [-0.05, 0) is 19.9 Å². The molecule has 19 heavy (non-hydrogen) atoms. The molecule has 0 bridgehead atoms. The summed E-state index contributed by atoms with van der Waals surface area (Å²) in [6, 6.07) is 3.81. The number of alkyl halides is 1. The summed E-state index contributed by atoms with van der Waals surface area (Å²) in [5.74, 6) is 1.71. The van der Waals surface area contributed by atoms with Crippen molar-refractivity contribution in [3.05, 3.63) is 18.0 Å². The normalized spacial score (nSPS) is 12.8. The molecule has 2 heterocycles. The van der Waals surface area contributed by atoms with Gasteiger partial charge in [0.15, 0.2) is 5.65 Å². The van der Waals surface area contributed by atoms with Crippen molar-refractivity contribution in [1.82, 2.24) is 14.5 Å². The highest BCUT2D eigenvalue weighted by Gasteiger charge is 2.17. The van der Waals surface area contributed by atoms with E-state index in [0.29, 0.717) is 25.0 Å². The number of imidazole rings is 1. The van der Waals surface area contributed by atoms with Gasteiger partial charge in [0.05, 0.1) is 25.6 Å². The van der Waals surface area contributed by atoms with Gasteiger partial charge in [0.25, 0.3) is 0 Å². The number of pyridine rings is 1. The van der Waals surface area contributed by atoms with Gasteiger partial charge in [0.1, 0.15) is 11.3 Å². The second-order valence-corrected chi connectivity index (χ2v) is 4.50. The third-order valence-corrected chi connectivity index (χ3v) is 3.16. The molecule has 0 radical (unpaired) electrons. The van der Waals surface area contributed by atoms with Crippen molar-refractivity contribution in [2.45, 2.75) is 25.8 Å². The fourth-order valence-electron chi connectivity index (χ4n) is 2.04. The van der Waals surface area contributed by atoms with E-state index in [0.717, 1.165) is 17.0 Å². The number of rotatable bonds is 6. The number of hydrogen-bond acceptors (Lipinski definition) is 4. The second-order valence-electron chi connectivity index (χ2n) is 4.24. The molecule has 0 aliphatic rings. The van der Waals surface area contributed by atoms with Gasteiger partial charge in [0, 0.05) is 12.7 Å². The number of ether oxygens (including phenoxy) is 2. The monoisotopic (exact) mass is 283 g/mol. The minimum atomic E-state index is 0.123. The van der Waals surface area contributed by atoms with Gasteiger partial charge in [-0.25, -0.2) is 4.98 Å². The quantitative estimate of drug-likeness (QED) is 0.765. The molecule has 0 amide bonds. The largest absolute Gasteiger partial charge is 0.481 e. The van der Waals surface area contributed by atoms with E-state index in [-0.39, 0.29) is 6.04 Å². The maximum absolute atomic E-state index is 5.97. The molecule has 6 heteroatoms. The van der Waals surface area contributed by atoms with E-state index in [9.17, 15) is 0 Å². The topological polar surface area (TPSA) is 49.2 Å². The van der Waals surface area contributed by atoms with Gasteiger partial charge >= 0.3 is 0 Å². The standard InChI is InChI=1S/C13H18ClN3O2/c1-4-19-8-9(2)17-11(7-14)15-10-5-6-12(18-3)16-13(10)17/h5-6,9H,4,7-8H2,1-3H3. The molecule has 0 saturated heterocycles. The Balaban J connectivity index is 2.48. The first-order valence-corrected chi connectivity index (χ1v) is 6.80. The average molecular weight is 284 g/mol. The predicted octanol–water partition coefficient (Wildman–Crippen LogP) is 2.78. The van der Waals surface area contributed by atoms with Crippen molar-refractivity contribution < 1.29 is 9.47 Å². The van der Waals surface area contributed by atoms with Crippen LogP contribution in [0.1, 0.15) is 25.7 Å². The molecule has 5 nitrogen and oxygen atoms in total. The van der Waals surface area contributed by atoms with E-state index in [1.807, 2.05) is 17.6 Å². The van der Waals surface area contributed by atoms with Crippen LogP contribution >= 0.6 is 11.6 Å². The van der Waals surface area contributed by atoms with Crippen LogP contribution in [0.4, 0.5) is 0 Å². The van der Waals surface area contributed by atoms with Gasteiger partial charge in [-0.3, -0.25) is 0 Å². The third kappa shape index (κ3) is 2.82. The van der Waals surface area contributed by atoms with E-state index in [2.05, 4.69) is 16.9 Å². The zero-order valence-electron chi connectivity index (χ0n) is 11.4. The Kier molecular flexibility index (Phi) is 4.61. The summed E-state index contributed by atoms with van der Waals surface area (Å²) >= 11 is 5.97. The van der Waals surface area contributed by atoms with Crippen LogP contribution in [0.3, 0.4) is 0 Å². The van der Waals surface area contributed by atoms with Crippen LogP contribution in [0.15, 0.2) is 12.1 Å². The minimum Gasteiger partial charge on any atom is -0.481 e. The number of methoxy groups -OCH3 is 1. The van der Waals surface area contributed by atoms with Crippen LogP contribution in [-0.2, 0) is 10.6 Å². The lowest BCUT2D eigenvalue weighted by atomic mass is 10.3. The third-order valence-electron chi connectivity index (χ3n) is 2.92. The molecule has 0 aliphatic heterocycles. The first-order valence-electron chi connectivity index (χ1n) is 6.26. The molecule has 0 saturated carbocycles. The highest BCUT2D eigenvalue weighted by Crippen LogP contribution is 2.23. The summed E-state index contributed by atoms with van der Waals surface area (Å²) in [7, 11) is 1.60. The van der Waals surface area contributed by atoms with Crippen LogP contribution < -0.4 is 4.74 Å². The summed E-state index contributed by atoms with van der Waals surface area (Å²) in [5, 5.41) is 0. The zero-order valence-corrected chi connectivity index (χ0v) is 12.1. The van der Waals surface area contributed by atoms with Crippen molar-refractivity contribution in [2.75, 3.05) is 20.3 Å². The SMILES string of the molecule is CCOCC(C)n1c(CCl)nc2ccc(OC)nc21. The minimum absolute atomic E-state index is 0.123. The van der Waals surface area contributed by atoms with Gasteiger partial charge in [-0.15, -0.1) is 11.6 Å². The van der Waals surface area contributed by atoms with Gasteiger partial charge < -0.3 is 14.0 Å². The highest BCUT2D eigenvalue weighted by molar-refractivity contribution is 6.16. The summed E-state index contributed by atoms with van der Waals surface area (Å²) in [5.41, 5.74) is 1.60. The average Bonchev–Trinajstić information content (AvgIpc) is 2.82. The molecule has 2 rings (SSSR count). The lowest BCUT2D eigenvalue weighted by molar-refractivity contribution is 0.119. The maximum atomic E-state index is 5.97. The predicted molar refractivity (Wildman–Crippen MR) is 74.8 cm³/mol. The fraction of sp³-hybridized carbons (Fsp3) is 0.538. The zero-order chi connectivity index (χ0) is 13.8. The Morgan fingerprint density at radius 1 is 1.37 bits per heavy atom.